The van der Waals surface area contributed by atoms with Gasteiger partial charge in [-0.1, -0.05) is 17.7 Å². The molecule has 0 spiro atoms. The number of nitrogens with zero attached hydrogens (tertiary/aromatic N) is 1. The first-order valence-corrected chi connectivity index (χ1v) is 6.73. The van der Waals surface area contributed by atoms with Crippen molar-refractivity contribution in [3.63, 3.8) is 0 Å². The van der Waals surface area contributed by atoms with Gasteiger partial charge in [0.05, 0.1) is 17.3 Å². The lowest BCUT2D eigenvalue weighted by atomic mass is 10.2. The molecule has 0 saturated carbocycles. The summed E-state index contributed by atoms with van der Waals surface area (Å²) in [5.41, 5.74) is 2.33. The molecule has 2 heterocycles. The second kappa shape index (κ2) is 4.00. The first kappa shape index (κ1) is 10.5. The minimum Gasteiger partial charge on any atom is -0.343 e. The van der Waals surface area contributed by atoms with E-state index in [1.165, 1.54) is 5.56 Å². The number of benzene rings is 1. The third-order valence-electron chi connectivity index (χ3n) is 2.97. The molecule has 0 amide bonds. The molecular formula is C14H13NOS. The van der Waals surface area contributed by atoms with Gasteiger partial charge in [-0.15, -0.1) is 0 Å². The number of fused-ring (bicyclic) bond motifs is 1. The van der Waals surface area contributed by atoms with Gasteiger partial charge in [-0.2, -0.15) is 0 Å². The van der Waals surface area contributed by atoms with E-state index in [-0.39, 0.29) is 0 Å². The Hall–Kier alpha value is -1.61. The van der Waals surface area contributed by atoms with E-state index in [0.717, 1.165) is 22.0 Å². The minimum atomic E-state index is -1.03. The first-order valence-electron chi connectivity index (χ1n) is 5.58. The monoisotopic (exact) mass is 243 g/mol. The van der Waals surface area contributed by atoms with Crippen LogP contribution in [-0.2, 0) is 17.3 Å². The fourth-order valence-corrected chi connectivity index (χ4v) is 3.18. The Morgan fingerprint density at radius 1 is 1.18 bits per heavy atom. The second-order valence-electron chi connectivity index (χ2n) is 4.25. The van der Waals surface area contributed by atoms with E-state index >= 15 is 0 Å². The average molecular weight is 243 g/mol. The van der Waals surface area contributed by atoms with Crippen LogP contribution >= 0.6 is 0 Å². The van der Waals surface area contributed by atoms with Gasteiger partial charge < -0.3 is 4.57 Å². The normalized spacial score (nSPS) is 15.5. The number of aryl methyl sites for hydroxylation is 1. The van der Waals surface area contributed by atoms with E-state index in [9.17, 15) is 4.21 Å². The molecule has 1 aliphatic heterocycles. The number of rotatable bonds is 2. The molecule has 0 aliphatic carbocycles. The van der Waals surface area contributed by atoms with E-state index in [1.807, 2.05) is 55.6 Å². The maximum absolute atomic E-state index is 12.4. The van der Waals surface area contributed by atoms with Gasteiger partial charge in [-0.3, -0.25) is 0 Å². The Kier molecular flexibility index (Phi) is 2.48. The largest absolute Gasteiger partial charge is 0.343 e. The highest BCUT2D eigenvalue weighted by Gasteiger charge is 2.17. The summed E-state index contributed by atoms with van der Waals surface area (Å²) in [5.74, 6) is 0. The zero-order valence-electron chi connectivity index (χ0n) is 9.59. The Morgan fingerprint density at radius 3 is 2.65 bits per heavy atom. The summed E-state index contributed by atoms with van der Waals surface area (Å²) in [5, 5.41) is 0. The SMILES string of the molecule is Cc1ccc([S@](=O)C2=Cc3cccn3C2)cc1. The fourth-order valence-electron chi connectivity index (χ4n) is 2.01. The van der Waals surface area contributed by atoms with Gasteiger partial charge in [0.1, 0.15) is 0 Å². The van der Waals surface area contributed by atoms with E-state index in [2.05, 4.69) is 4.57 Å². The van der Waals surface area contributed by atoms with Gasteiger partial charge in [0.2, 0.25) is 0 Å². The number of hydrogen-bond acceptors (Lipinski definition) is 1. The summed E-state index contributed by atoms with van der Waals surface area (Å²) in [7, 11) is -1.03. The van der Waals surface area contributed by atoms with Crippen molar-refractivity contribution in [3.05, 3.63) is 58.8 Å². The molecular weight excluding hydrogens is 230 g/mol. The van der Waals surface area contributed by atoms with Crippen LogP contribution in [0.5, 0.6) is 0 Å². The van der Waals surface area contributed by atoms with Crippen LogP contribution in [0, 0.1) is 6.92 Å². The standard InChI is InChI=1S/C14H13NOS/c1-11-4-6-13(7-5-11)17(16)14-9-12-3-2-8-15(12)10-14/h2-9H,10H2,1H3/t17-/m0/s1. The summed E-state index contributed by atoms with van der Waals surface area (Å²) in [6.45, 7) is 2.77. The summed E-state index contributed by atoms with van der Waals surface area (Å²) in [6, 6.07) is 11.9. The topological polar surface area (TPSA) is 22.0 Å². The molecule has 1 aliphatic rings. The molecule has 0 N–H and O–H groups in total. The van der Waals surface area contributed by atoms with Crippen LogP contribution in [0.4, 0.5) is 0 Å². The van der Waals surface area contributed by atoms with Crippen LogP contribution in [0.25, 0.3) is 6.08 Å². The Balaban J connectivity index is 1.90. The summed E-state index contributed by atoms with van der Waals surface area (Å²) in [4.78, 5) is 1.86. The molecule has 0 fully saturated rings. The second-order valence-corrected chi connectivity index (χ2v) is 5.79. The molecule has 0 saturated heterocycles. The van der Waals surface area contributed by atoms with Gasteiger partial charge in [-0.25, -0.2) is 4.21 Å². The van der Waals surface area contributed by atoms with E-state index in [4.69, 9.17) is 0 Å². The Bertz CT molecular complexity index is 607. The van der Waals surface area contributed by atoms with Gasteiger partial charge in [0.15, 0.2) is 0 Å². The lowest BCUT2D eigenvalue weighted by Gasteiger charge is -2.04. The maximum Gasteiger partial charge on any atom is 0.0827 e. The highest BCUT2D eigenvalue weighted by atomic mass is 32.2. The van der Waals surface area contributed by atoms with Crippen molar-refractivity contribution < 1.29 is 4.21 Å². The molecule has 3 heteroatoms. The molecule has 1 aromatic carbocycles. The first-order chi connectivity index (χ1) is 8.24. The number of allylic oxidation sites excluding steroid dienone is 1. The minimum absolute atomic E-state index is 0.739. The van der Waals surface area contributed by atoms with Crippen LogP contribution in [0.15, 0.2) is 52.4 Å². The highest BCUT2D eigenvalue weighted by molar-refractivity contribution is 7.89. The lowest BCUT2D eigenvalue weighted by molar-refractivity contribution is 0.684. The van der Waals surface area contributed by atoms with Crippen molar-refractivity contribution in [1.82, 2.24) is 4.57 Å². The van der Waals surface area contributed by atoms with Crippen LogP contribution in [-0.4, -0.2) is 8.78 Å². The van der Waals surface area contributed by atoms with Crippen LogP contribution < -0.4 is 0 Å². The summed E-state index contributed by atoms with van der Waals surface area (Å²) < 4.78 is 14.5. The van der Waals surface area contributed by atoms with Crippen LogP contribution in [0.3, 0.4) is 0 Å². The molecule has 0 unspecified atom stereocenters. The molecule has 1 atom stereocenters. The van der Waals surface area contributed by atoms with Gasteiger partial charge in [0, 0.05) is 21.7 Å². The van der Waals surface area contributed by atoms with E-state index < -0.39 is 10.8 Å². The third-order valence-corrected chi connectivity index (χ3v) is 4.40. The van der Waals surface area contributed by atoms with Crippen molar-refractivity contribution in [2.75, 3.05) is 0 Å². The van der Waals surface area contributed by atoms with E-state index in [0.29, 0.717) is 0 Å². The van der Waals surface area contributed by atoms with Gasteiger partial charge in [0.25, 0.3) is 0 Å². The fraction of sp³-hybridized carbons (Fsp3) is 0.143. The summed E-state index contributed by atoms with van der Waals surface area (Å²) >= 11 is 0. The Labute approximate surface area is 103 Å². The molecule has 86 valence electrons. The summed E-state index contributed by atoms with van der Waals surface area (Å²) in [6.07, 6.45) is 4.04. The average Bonchev–Trinajstić information content (AvgIpc) is 2.89. The predicted molar refractivity (Wildman–Crippen MR) is 70.0 cm³/mol. The van der Waals surface area contributed by atoms with Crippen molar-refractivity contribution in [2.24, 2.45) is 0 Å². The predicted octanol–water partition coefficient (Wildman–Crippen LogP) is 2.96. The maximum atomic E-state index is 12.4. The Morgan fingerprint density at radius 2 is 1.94 bits per heavy atom. The molecule has 1 aromatic heterocycles. The zero-order chi connectivity index (χ0) is 11.8. The van der Waals surface area contributed by atoms with Crippen LogP contribution in [0.1, 0.15) is 11.3 Å². The lowest BCUT2D eigenvalue weighted by Crippen LogP contribution is -2.00. The molecule has 2 aromatic rings. The van der Waals surface area contributed by atoms with Crippen LogP contribution in [0.2, 0.25) is 0 Å². The van der Waals surface area contributed by atoms with Gasteiger partial charge in [-0.05, 0) is 37.3 Å². The number of aromatic nitrogens is 1. The molecule has 17 heavy (non-hydrogen) atoms. The zero-order valence-corrected chi connectivity index (χ0v) is 10.4. The van der Waals surface area contributed by atoms with Crippen molar-refractivity contribution in [2.45, 2.75) is 18.4 Å². The molecule has 2 nitrogen and oxygen atoms in total. The molecule has 3 rings (SSSR count). The molecule has 0 radical (unpaired) electrons. The highest BCUT2D eigenvalue weighted by Crippen LogP contribution is 2.25. The smallest absolute Gasteiger partial charge is 0.0827 e. The quantitative estimate of drug-likeness (QED) is 0.795. The van der Waals surface area contributed by atoms with Crippen molar-refractivity contribution in [1.29, 1.82) is 0 Å². The van der Waals surface area contributed by atoms with Gasteiger partial charge >= 0.3 is 0 Å². The van der Waals surface area contributed by atoms with Crippen molar-refractivity contribution >= 4 is 16.9 Å². The van der Waals surface area contributed by atoms with E-state index in [1.54, 1.807) is 0 Å². The third kappa shape index (κ3) is 1.87. The number of hydrogen-bond donors (Lipinski definition) is 0. The molecule has 0 bridgehead atoms. The van der Waals surface area contributed by atoms with Crippen molar-refractivity contribution in [3.8, 4) is 0 Å².